The number of carbonyl (C=O) groups is 1. The summed E-state index contributed by atoms with van der Waals surface area (Å²) in [6.07, 6.45) is 1.78. The molecule has 0 aromatic carbocycles. The van der Waals surface area contributed by atoms with Gasteiger partial charge in [-0.1, -0.05) is 0 Å². The third-order valence-electron chi connectivity index (χ3n) is 3.43. The van der Waals surface area contributed by atoms with E-state index < -0.39 is 6.10 Å². The molecule has 3 rings (SSSR count). The van der Waals surface area contributed by atoms with E-state index in [9.17, 15) is 4.79 Å². The summed E-state index contributed by atoms with van der Waals surface area (Å²) in [5, 5.41) is 11.8. The van der Waals surface area contributed by atoms with Gasteiger partial charge in [0.05, 0.1) is 26.3 Å². The van der Waals surface area contributed by atoms with E-state index in [4.69, 9.17) is 9.47 Å². The van der Waals surface area contributed by atoms with Crippen LogP contribution in [0.15, 0.2) is 0 Å². The first-order chi connectivity index (χ1) is 9.28. The number of morpholine rings is 1. The van der Waals surface area contributed by atoms with Crippen LogP contribution >= 0.6 is 0 Å². The normalized spacial score (nSPS) is 24.4. The van der Waals surface area contributed by atoms with Crippen LogP contribution in [-0.2, 0) is 20.8 Å². The molecule has 0 N–H and O–H groups in total. The molecule has 0 spiro atoms. The Hall–Kier alpha value is -1.54. The third-order valence-corrected chi connectivity index (χ3v) is 3.43. The van der Waals surface area contributed by atoms with E-state index in [2.05, 4.69) is 20.4 Å². The number of esters is 1. The Morgan fingerprint density at radius 3 is 3.11 bits per heavy atom. The Labute approximate surface area is 110 Å². The molecule has 1 aromatic heterocycles. The number of tetrazole rings is 1. The number of carbonyl (C=O) groups excluding carboxylic acids is 1. The van der Waals surface area contributed by atoms with Gasteiger partial charge in [-0.05, 0) is 23.3 Å². The molecule has 1 aromatic rings. The maximum atomic E-state index is 11.5. The third kappa shape index (κ3) is 2.74. The van der Waals surface area contributed by atoms with Crippen molar-refractivity contribution in [1.29, 1.82) is 0 Å². The van der Waals surface area contributed by atoms with E-state index in [0.29, 0.717) is 25.7 Å². The largest absolute Gasteiger partial charge is 0.467 e. The lowest BCUT2D eigenvalue weighted by molar-refractivity contribution is -0.160. The lowest BCUT2D eigenvalue weighted by Crippen LogP contribution is -2.46. The Kier molecular flexibility index (Phi) is 3.43. The zero-order valence-corrected chi connectivity index (χ0v) is 10.9. The Morgan fingerprint density at radius 1 is 1.53 bits per heavy atom. The van der Waals surface area contributed by atoms with Gasteiger partial charge in [0.15, 0.2) is 11.9 Å². The molecule has 2 heterocycles. The smallest absolute Gasteiger partial charge is 0.336 e. The molecule has 0 radical (unpaired) electrons. The van der Waals surface area contributed by atoms with Gasteiger partial charge in [0.2, 0.25) is 0 Å². The first kappa shape index (κ1) is 12.5. The van der Waals surface area contributed by atoms with Gasteiger partial charge in [0, 0.05) is 13.1 Å². The predicted molar refractivity (Wildman–Crippen MR) is 63.1 cm³/mol. The standard InChI is InChI=1S/C11H17N5O3/c1-18-11(17)9-6-15(4-5-19-9)7-10-12-13-14-16(10)8-2-3-8/h8-9H,2-7H2,1H3. The second-order valence-corrected chi connectivity index (χ2v) is 4.89. The van der Waals surface area contributed by atoms with Crippen LogP contribution in [0.1, 0.15) is 24.7 Å². The topological polar surface area (TPSA) is 82.4 Å². The second-order valence-electron chi connectivity index (χ2n) is 4.89. The SMILES string of the molecule is COC(=O)C1CN(Cc2nnnn2C2CC2)CCO1. The minimum Gasteiger partial charge on any atom is -0.467 e. The maximum Gasteiger partial charge on any atom is 0.336 e. The zero-order valence-electron chi connectivity index (χ0n) is 10.9. The average Bonchev–Trinajstić information content (AvgIpc) is 3.19. The van der Waals surface area contributed by atoms with Crippen LogP contribution < -0.4 is 0 Å². The Bertz CT molecular complexity index is 459. The highest BCUT2D eigenvalue weighted by Crippen LogP contribution is 2.34. The molecule has 1 atom stereocenters. The van der Waals surface area contributed by atoms with Crippen LogP contribution in [0.4, 0.5) is 0 Å². The summed E-state index contributed by atoms with van der Waals surface area (Å²) in [5.41, 5.74) is 0. The molecule has 0 bridgehead atoms. The van der Waals surface area contributed by atoms with Gasteiger partial charge in [0.25, 0.3) is 0 Å². The number of hydrogen-bond donors (Lipinski definition) is 0. The number of rotatable bonds is 4. The highest BCUT2D eigenvalue weighted by molar-refractivity contribution is 5.74. The lowest BCUT2D eigenvalue weighted by Gasteiger charge is -2.30. The van der Waals surface area contributed by atoms with E-state index in [1.807, 2.05) is 4.68 Å². The molecule has 1 aliphatic carbocycles. The summed E-state index contributed by atoms with van der Waals surface area (Å²) in [7, 11) is 1.37. The minimum atomic E-state index is -0.510. The molecule has 1 saturated heterocycles. The van der Waals surface area contributed by atoms with Crippen LogP contribution in [-0.4, -0.2) is 64.0 Å². The van der Waals surface area contributed by atoms with Gasteiger partial charge in [-0.3, -0.25) is 4.90 Å². The molecule has 19 heavy (non-hydrogen) atoms. The first-order valence-electron chi connectivity index (χ1n) is 6.46. The average molecular weight is 267 g/mol. The molecule has 0 amide bonds. The molecular formula is C11H17N5O3. The summed E-state index contributed by atoms with van der Waals surface area (Å²) in [4.78, 5) is 13.6. The Morgan fingerprint density at radius 2 is 2.37 bits per heavy atom. The highest BCUT2D eigenvalue weighted by Gasteiger charge is 2.31. The van der Waals surface area contributed by atoms with Crippen molar-refractivity contribution in [3.8, 4) is 0 Å². The quantitative estimate of drug-likeness (QED) is 0.672. The van der Waals surface area contributed by atoms with Crippen LogP contribution in [0.3, 0.4) is 0 Å². The molecule has 8 nitrogen and oxygen atoms in total. The zero-order chi connectivity index (χ0) is 13.2. The summed E-state index contributed by atoms with van der Waals surface area (Å²) in [6.45, 7) is 2.44. The highest BCUT2D eigenvalue weighted by atomic mass is 16.6. The molecule has 8 heteroatoms. The van der Waals surface area contributed by atoms with Gasteiger partial charge in [-0.2, -0.15) is 0 Å². The van der Waals surface area contributed by atoms with Crippen molar-refractivity contribution in [3.05, 3.63) is 5.82 Å². The number of nitrogens with zero attached hydrogens (tertiary/aromatic N) is 5. The monoisotopic (exact) mass is 267 g/mol. The summed E-state index contributed by atoms with van der Waals surface area (Å²) in [6, 6.07) is 0.461. The van der Waals surface area contributed by atoms with Crippen molar-refractivity contribution in [3.63, 3.8) is 0 Å². The number of methoxy groups -OCH3 is 1. The fraction of sp³-hybridized carbons (Fsp3) is 0.818. The van der Waals surface area contributed by atoms with Gasteiger partial charge in [-0.15, -0.1) is 5.10 Å². The fourth-order valence-electron chi connectivity index (χ4n) is 2.24. The minimum absolute atomic E-state index is 0.327. The lowest BCUT2D eigenvalue weighted by atomic mass is 10.2. The van der Waals surface area contributed by atoms with Crippen LogP contribution in [0.5, 0.6) is 0 Å². The fourth-order valence-corrected chi connectivity index (χ4v) is 2.24. The molecular weight excluding hydrogens is 250 g/mol. The van der Waals surface area contributed by atoms with E-state index in [-0.39, 0.29) is 5.97 Å². The van der Waals surface area contributed by atoms with Crippen molar-refractivity contribution in [1.82, 2.24) is 25.1 Å². The van der Waals surface area contributed by atoms with Gasteiger partial charge in [0.1, 0.15) is 0 Å². The molecule has 1 aliphatic heterocycles. The molecule has 2 aliphatic rings. The van der Waals surface area contributed by atoms with E-state index in [0.717, 1.165) is 25.2 Å². The van der Waals surface area contributed by atoms with E-state index in [1.165, 1.54) is 7.11 Å². The summed E-state index contributed by atoms with van der Waals surface area (Å²) < 4.78 is 12.0. The van der Waals surface area contributed by atoms with Gasteiger partial charge in [-0.25, -0.2) is 9.48 Å². The van der Waals surface area contributed by atoms with Crippen LogP contribution in [0.25, 0.3) is 0 Å². The van der Waals surface area contributed by atoms with Crippen molar-refractivity contribution in [2.75, 3.05) is 26.8 Å². The van der Waals surface area contributed by atoms with Gasteiger partial charge >= 0.3 is 5.97 Å². The summed E-state index contributed by atoms with van der Waals surface area (Å²) in [5.74, 6) is 0.527. The van der Waals surface area contributed by atoms with E-state index in [1.54, 1.807) is 0 Å². The van der Waals surface area contributed by atoms with Crippen molar-refractivity contribution in [2.24, 2.45) is 0 Å². The number of hydrogen-bond acceptors (Lipinski definition) is 7. The second kappa shape index (κ2) is 5.22. The molecule has 1 unspecified atom stereocenters. The number of aromatic nitrogens is 4. The van der Waals surface area contributed by atoms with Gasteiger partial charge < -0.3 is 9.47 Å². The van der Waals surface area contributed by atoms with Crippen molar-refractivity contribution in [2.45, 2.75) is 31.5 Å². The predicted octanol–water partition coefficient (Wildman–Crippen LogP) is -0.618. The molecule has 1 saturated carbocycles. The summed E-state index contributed by atoms with van der Waals surface area (Å²) >= 11 is 0. The molecule has 2 fully saturated rings. The van der Waals surface area contributed by atoms with Crippen molar-refractivity contribution < 1.29 is 14.3 Å². The maximum absolute atomic E-state index is 11.5. The first-order valence-corrected chi connectivity index (χ1v) is 6.46. The Balaban J connectivity index is 1.62. The molecule has 104 valence electrons. The van der Waals surface area contributed by atoms with Crippen molar-refractivity contribution >= 4 is 5.97 Å². The number of ether oxygens (including phenoxy) is 2. The van der Waals surface area contributed by atoms with Crippen LogP contribution in [0, 0.1) is 0 Å². The van der Waals surface area contributed by atoms with E-state index >= 15 is 0 Å². The van der Waals surface area contributed by atoms with Crippen LogP contribution in [0.2, 0.25) is 0 Å².